The highest BCUT2D eigenvalue weighted by atomic mass is 32.1. The highest BCUT2D eigenvalue weighted by Gasteiger charge is 2.36. The molecule has 128 valence electrons. The molecule has 2 atom stereocenters. The molecule has 2 aliphatic heterocycles. The number of nitrogens with zero attached hydrogens (tertiary/aromatic N) is 2. The van der Waals surface area contributed by atoms with Gasteiger partial charge in [0.15, 0.2) is 0 Å². The van der Waals surface area contributed by atoms with Gasteiger partial charge in [0.2, 0.25) is 5.91 Å². The summed E-state index contributed by atoms with van der Waals surface area (Å²) in [5.74, 6) is 0.325. The van der Waals surface area contributed by atoms with Gasteiger partial charge in [0.05, 0.1) is 0 Å². The van der Waals surface area contributed by atoms with Crippen molar-refractivity contribution >= 4 is 17.2 Å². The van der Waals surface area contributed by atoms with Crippen LogP contribution in [0.2, 0.25) is 0 Å². The summed E-state index contributed by atoms with van der Waals surface area (Å²) in [5, 5.41) is 5.57. The lowest BCUT2D eigenvalue weighted by atomic mass is 10.0. The van der Waals surface area contributed by atoms with Crippen LogP contribution in [0.1, 0.15) is 49.1 Å². The lowest BCUT2D eigenvalue weighted by Crippen LogP contribution is -2.54. The topological polar surface area (TPSA) is 35.6 Å². The van der Waals surface area contributed by atoms with E-state index in [4.69, 9.17) is 0 Å². The molecule has 2 saturated heterocycles. The molecule has 5 heteroatoms. The van der Waals surface area contributed by atoms with E-state index < -0.39 is 0 Å². The third-order valence-corrected chi connectivity index (χ3v) is 6.26. The first-order chi connectivity index (χ1) is 11.2. The Kier molecular flexibility index (Phi) is 5.72. The smallest absolute Gasteiger partial charge is 0.245 e. The summed E-state index contributed by atoms with van der Waals surface area (Å²) >= 11 is 1.74. The number of piperazine rings is 1. The first-order valence-electron chi connectivity index (χ1n) is 8.97. The third kappa shape index (κ3) is 3.78. The van der Waals surface area contributed by atoms with E-state index in [0.717, 1.165) is 45.6 Å². The van der Waals surface area contributed by atoms with E-state index in [1.165, 1.54) is 23.3 Å². The van der Waals surface area contributed by atoms with E-state index in [-0.39, 0.29) is 6.04 Å². The van der Waals surface area contributed by atoms with Gasteiger partial charge in [0.25, 0.3) is 0 Å². The van der Waals surface area contributed by atoms with Crippen molar-refractivity contribution in [2.45, 2.75) is 51.6 Å². The zero-order valence-electron chi connectivity index (χ0n) is 14.4. The fourth-order valence-electron chi connectivity index (χ4n) is 3.77. The number of carbonyl (C=O) groups is 1. The Morgan fingerprint density at radius 1 is 1.26 bits per heavy atom. The van der Waals surface area contributed by atoms with Crippen LogP contribution in [0.5, 0.6) is 0 Å². The van der Waals surface area contributed by atoms with E-state index >= 15 is 0 Å². The molecular weight excluding hydrogens is 306 g/mol. The SMILES string of the molecule is Cc1ccsc1C(C(=O)N1CCCCCC1)N1CCNCC1C. The fourth-order valence-corrected chi connectivity index (χ4v) is 4.81. The molecule has 0 bridgehead atoms. The van der Waals surface area contributed by atoms with Gasteiger partial charge in [-0.15, -0.1) is 11.3 Å². The molecule has 3 rings (SSSR count). The van der Waals surface area contributed by atoms with Crippen LogP contribution in [-0.2, 0) is 4.79 Å². The van der Waals surface area contributed by atoms with Crippen LogP contribution in [0, 0.1) is 6.92 Å². The number of hydrogen-bond acceptors (Lipinski definition) is 4. The zero-order chi connectivity index (χ0) is 16.2. The molecule has 2 fully saturated rings. The second-order valence-electron chi connectivity index (χ2n) is 6.90. The zero-order valence-corrected chi connectivity index (χ0v) is 15.2. The van der Waals surface area contributed by atoms with Crippen LogP contribution in [-0.4, -0.2) is 54.5 Å². The van der Waals surface area contributed by atoms with Gasteiger partial charge in [-0.25, -0.2) is 0 Å². The molecule has 0 aromatic carbocycles. The molecule has 4 nitrogen and oxygen atoms in total. The van der Waals surface area contributed by atoms with E-state index in [9.17, 15) is 4.79 Å². The first kappa shape index (κ1) is 16.9. The van der Waals surface area contributed by atoms with Crippen molar-refractivity contribution < 1.29 is 4.79 Å². The highest BCUT2D eigenvalue weighted by Crippen LogP contribution is 2.33. The van der Waals surface area contributed by atoms with Gasteiger partial charge in [-0.3, -0.25) is 9.69 Å². The summed E-state index contributed by atoms with van der Waals surface area (Å²) in [6.07, 6.45) is 4.82. The molecule has 1 aromatic heterocycles. The molecule has 23 heavy (non-hydrogen) atoms. The van der Waals surface area contributed by atoms with Crippen LogP contribution in [0.25, 0.3) is 0 Å². The van der Waals surface area contributed by atoms with E-state index in [1.807, 2.05) is 0 Å². The summed E-state index contributed by atoms with van der Waals surface area (Å²) in [6, 6.07) is 2.45. The Hall–Kier alpha value is -0.910. The minimum atomic E-state index is -0.0924. The van der Waals surface area contributed by atoms with E-state index in [0.29, 0.717) is 11.9 Å². The fraction of sp³-hybridized carbons (Fsp3) is 0.722. The number of aryl methyl sites for hydroxylation is 1. The Morgan fingerprint density at radius 3 is 2.61 bits per heavy atom. The predicted octanol–water partition coefficient (Wildman–Crippen LogP) is 2.79. The van der Waals surface area contributed by atoms with Gasteiger partial charge < -0.3 is 10.2 Å². The molecule has 1 amide bonds. The van der Waals surface area contributed by atoms with Crippen LogP contribution < -0.4 is 5.32 Å². The van der Waals surface area contributed by atoms with Crippen molar-refractivity contribution in [2.24, 2.45) is 0 Å². The Labute approximate surface area is 143 Å². The Balaban J connectivity index is 1.87. The summed E-state index contributed by atoms with van der Waals surface area (Å²) < 4.78 is 0. The molecule has 1 N–H and O–H groups in total. The summed E-state index contributed by atoms with van der Waals surface area (Å²) in [7, 11) is 0. The molecule has 2 unspecified atom stereocenters. The van der Waals surface area contributed by atoms with Crippen LogP contribution in [0.3, 0.4) is 0 Å². The second-order valence-corrected chi connectivity index (χ2v) is 7.85. The summed E-state index contributed by atoms with van der Waals surface area (Å²) in [4.78, 5) is 19.2. The number of nitrogens with one attached hydrogen (secondary N) is 1. The van der Waals surface area contributed by atoms with Gasteiger partial charge in [-0.2, -0.15) is 0 Å². The normalized spacial score (nSPS) is 25.1. The van der Waals surface area contributed by atoms with E-state index in [1.54, 1.807) is 11.3 Å². The molecule has 0 radical (unpaired) electrons. The molecule has 1 aromatic rings. The van der Waals surface area contributed by atoms with Crippen molar-refractivity contribution in [3.63, 3.8) is 0 Å². The minimum absolute atomic E-state index is 0.0924. The predicted molar refractivity (Wildman–Crippen MR) is 95.9 cm³/mol. The Bertz CT molecular complexity index is 522. The molecule has 0 spiro atoms. The van der Waals surface area contributed by atoms with Gasteiger partial charge in [-0.05, 0) is 43.7 Å². The molecule has 0 saturated carbocycles. The van der Waals surface area contributed by atoms with Crippen molar-refractivity contribution in [3.05, 3.63) is 21.9 Å². The minimum Gasteiger partial charge on any atom is -0.341 e. The van der Waals surface area contributed by atoms with Gasteiger partial charge in [0, 0.05) is 43.6 Å². The lowest BCUT2D eigenvalue weighted by molar-refractivity contribution is -0.138. The van der Waals surface area contributed by atoms with Crippen molar-refractivity contribution in [2.75, 3.05) is 32.7 Å². The van der Waals surface area contributed by atoms with Gasteiger partial charge in [-0.1, -0.05) is 12.8 Å². The largest absolute Gasteiger partial charge is 0.341 e. The van der Waals surface area contributed by atoms with Crippen LogP contribution in [0.4, 0.5) is 0 Å². The average Bonchev–Trinajstić information content (AvgIpc) is 2.81. The number of hydrogen-bond donors (Lipinski definition) is 1. The molecule has 3 heterocycles. The molecule has 2 aliphatic rings. The Morgan fingerprint density at radius 2 is 2.00 bits per heavy atom. The first-order valence-corrected chi connectivity index (χ1v) is 9.85. The van der Waals surface area contributed by atoms with Gasteiger partial charge >= 0.3 is 0 Å². The van der Waals surface area contributed by atoms with Crippen molar-refractivity contribution in [1.82, 2.24) is 15.1 Å². The van der Waals surface area contributed by atoms with Gasteiger partial charge in [0.1, 0.15) is 6.04 Å². The maximum absolute atomic E-state index is 13.4. The number of rotatable bonds is 3. The average molecular weight is 336 g/mol. The van der Waals surface area contributed by atoms with E-state index in [2.05, 4.69) is 40.4 Å². The number of thiophene rings is 1. The third-order valence-electron chi connectivity index (χ3n) is 5.19. The number of likely N-dealkylation sites (tertiary alicyclic amines) is 1. The van der Waals surface area contributed by atoms with Crippen molar-refractivity contribution in [3.8, 4) is 0 Å². The summed E-state index contributed by atoms with van der Waals surface area (Å²) in [5.41, 5.74) is 1.26. The number of carbonyl (C=O) groups excluding carboxylic acids is 1. The molecule has 0 aliphatic carbocycles. The standard InChI is InChI=1S/C18H29N3OS/c1-14-7-12-23-17(14)16(21-11-8-19-13-15(21)2)18(22)20-9-5-3-4-6-10-20/h7,12,15-16,19H,3-6,8-11,13H2,1-2H3. The molecular formula is C18H29N3OS. The maximum atomic E-state index is 13.4. The highest BCUT2D eigenvalue weighted by molar-refractivity contribution is 7.10. The summed E-state index contributed by atoms with van der Waals surface area (Å²) in [6.45, 7) is 9.12. The number of amides is 1. The maximum Gasteiger partial charge on any atom is 0.245 e. The second kappa shape index (κ2) is 7.77. The van der Waals surface area contributed by atoms with Crippen LogP contribution >= 0.6 is 11.3 Å². The quantitative estimate of drug-likeness (QED) is 0.923. The van der Waals surface area contributed by atoms with Crippen molar-refractivity contribution in [1.29, 1.82) is 0 Å². The lowest BCUT2D eigenvalue weighted by Gasteiger charge is -2.40. The van der Waals surface area contributed by atoms with Crippen LogP contribution in [0.15, 0.2) is 11.4 Å². The monoisotopic (exact) mass is 335 g/mol.